The highest BCUT2D eigenvalue weighted by atomic mass is 127. The summed E-state index contributed by atoms with van der Waals surface area (Å²) in [6, 6.07) is 11.1. The molecule has 0 unspecified atom stereocenters. The zero-order valence-corrected chi connectivity index (χ0v) is 17.8. The van der Waals surface area contributed by atoms with Crippen molar-refractivity contribution in [3.8, 4) is 0 Å². The van der Waals surface area contributed by atoms with E-state index >= 15 is 0 Å². The Morgan fingerprint density at radius 3 is 2.62 bits per heavy atom. The second-order valence-corrected chi connectivity index (χ2v) is 5.87. The summed E-state index contributed by atoms with van der Waals surface area (Å²) in [5.41, 5.74) is 2.45. The molecule has 26 heavy (non-hydrogen) atoms. The molecule has 5 nitrogen and oxygen atoms in total. The number of hydrogen-bond acceptors (Lipinski definition) is 3. The van der Waals surface area contributed by atoms with E-state index in [0.29, 0.717) is 12.2 Å². The van der Waals surface area contributed by atoms with Crippen molar-refractivity contribution < 1.29 is 4.39 Å². The molecular formula is C19H27FIN5. The number of guanidine groups is 1. The van der Waals surface area contributed by atoms with Crippen LogP contribution in [0.5, 0.6) is 0 Å². The van der Waals surface area contributed by atoms with E-state index < -0.39 is 0 Å². The van der Waals surface area contributed by atoms with Crippen LogP contribution in [-0.2, 0) is 13.0 Å². The van der Waals surface area contributed by atoms with E-state index in [9.17, 15) is 4.39 Å². The lowest BCUT2D eigenvalue weighted by atomic mass is 10.2. The minimum Gasteiger partial charge on any atom is -0.375 e. The molecule has 2 N–H and O–H groups in total. The van der Waals surface area contributed by atoms with Gasteiger partial charge >= 0.3 is 0 Å². The van der Waals surface area contributed by atoms with Crippen molar-refractivity contribution in [3.63, 3.8) is 0 Å². The Morgan fingerprint density at radius 2 is 2.00 bits per heavy atom. The predicted molar refractivity (Wildman–Crippen MR) is 117 cm³/mol. The largest absolute Gasteiger partial charge is 0.375 e. The molecule has 0 saturated carbocycles. The highest BCUT2D eigenvalue weighted by Crippen LogP contribution is 2.18. The third-order valence-corrected chi connectivity index (χ3v) is 3.66. The minimum absolute atomic E-state index is 0. The summed E-state index contributed by atoms with van der Waals surface area (Å²) in [6.07, 6.45) is 2.61. The van der Waals surface area contributed by atoms with E-state index in [1.165, 1.54) is 6.07 Å². The van der Waals surface area contributed by atoms with Gasteiger partial charge in [-0.05, 0) is 36.8 Å². The Labute approximate surface area is 172 Å². The molecule has 142 valence electrons. The number of rotatable bonds is 7. The average Bonchev–Trinajstić information content (AvgIpc) is 2.60. The van der Waals surface area contributed by atoms with Gasteiger partial charge in [-0.3, -0.25) is 4.98 Å². The Kier molecular flexibility index (Phi) is 9.93. The number of hydrogen-bond donors (Lipinski definition) is 2. The van der Waals surface area contributed by atoms with Gasteiger partial charge in [-0.25, -0.2) is 9.38 Å². The molecule has 2 rings (SSSR count). The second-order valence-electron chi connectivity index (χ2n) is 5.87. The van der Waals surface area contributed by atoms with Crippen LogP contribution in [0.4, 0.5) is 10.1 Å². The van der Waals surface area contributed by atoms with Crippen LogP contribution in [0.1, 0.15) is 18.2 Å². The fraction of sp³-hybridized carbons (Fsp3) is 0.368. The number of nitrogens with one attached hydrogen (secondary N) is 2. The predicted octanol–water partition coefficient (Wildman–Crippen LogP) is 3.20. The first kappa shape index (κ1) is 22.1. The summed E-state index contributed by atoms with van der Waals surface area (Å²) in [5.74, 6) is 0.487. The van der Waals surface area contributed by atoms with Gasteiger partial charge in [0.05, 0.1) is 12.2 Å². The third-order valence-electron chi connectivity index (χ3n) is 3.66. The molecule has 0 bridgehead atoms. The quantitative estimate of drug-likeness (QED) is 0.370. The normalized spacial score (nSPS) is 10.8. The molecule has 0 aliphatic rings. The topological polar surface area (TPSA) is 52.6 Å². The summed E-state index contributed by atoms with van der Waals surface area (Å²) >= 11 is 0. The molecule has 2 aromatic rings. The zero-order valence-electron chi connectivity index (χ0n) is 15.5. The van der Waals surface area contributed by atoms with Crippen LogP contribution in [0.15, 0.2) is 47.6 Å². The van der Waals surface area contributed by atoms with Gasteiger partial charge in [0.2, 0.25) is 0 Å². The van der Waals surface area contributed by atoms with Gasteiger partial charge in [0.15, 0.2) is 5.96 Å². The van der Waals surface area contributed by atoms with Crippen molar-refractivity contribution >= 4 is 35.6 Å². The molecule has 7 heteroatoms. The zero-order chi connectivity index (χ0) is 18.1. The van der Waals surface area contributed by atoms with Gasteiger partial charge in [-0.15, -0.1) is 24.0 Å². The third kappa shape index (κ3) is 7.15. The number of aliphatic imine (C=N–C) groups is 1. The lowest BCUT2D eigenvalue weighted by Crippen LogP contribution is -2.38. The van der Waals surface area contributed by atoms with Crippen molar-refractivity contribution in [1.82, 2.24) is 15.6 Å². The molecule has 0 amide bonds. The van der Waals surface area contributed by atoms with Crippen molar-refractivity contribution in [1.29, 1.82) is 0 Å². The number of anilines is 1. The van der Waals surface area contributed by atoms with Crippen LogP contribution < -0.4 is 15.5 Å². The van der Waals surface area contributed by atoms with Crippen LogP contribution in [0, 0.1) is 5.82 Å². The molecule has 1 heterocycles. The second kappa shape index (κ2) is 11.7. The maximum absolute atomic E-state index is 14.0. The van der Waals surface area contributed by atoms with Crippen LogP contribution in [0.3, 0.4) is 0 Å². The van der Waals surface area contributed by atoms with Crippen LogP contribution in [-0.4, -0.2) is 38.1 Å². The van der Waals surface area contributed by atoms with Crippen LogP contribution in [0.2, 0.25) is 0 Å². The van der Waals surface area contributed by atoms with Crippen molar-refractivity contribution in [2.75, 3.05) is 32.1 Å². The number of nitrogens with zero attached hydrogens (tertiary/aromatic N) is 3. The highest BCUT2D eigenvalue weighted by molar-refractivity contribution is 14.0. The number of benzene rings is 1. The first-order valence-electron chi connectivity index (χ1n) is 8.48. The maximum Gasteiger partial charge on any atom is 0.191 e. The fourth-order valence-electron chi connectivity index (χ4n) is 2.38. The van der Waals surface area contributed by atoms with Crippen LogP contribution >= 0.6 is 24.0 Å². The van der Waals surface area contributed by atoms with E-state index in [1.54, 1.807) is 17.2 Å². The SMILES string of the molecule is CCNC(=NCc1ccc(N(C)C)c(F)c1)NCCc1ccccn1.I. The summed E-state index contributed by atoms with van der Waals surface area (Å²) in [7, 11) is 3.65. The molecule has 0 spiro atoms. The van der Waals surface area contributed by atoms with Gasteiger partial charge in [0.1, 0.15) is 5.82 Å². The Bertz CT molecular complexity index is 692. The van der Waals surface area contributed by atoms with E-state index in [4.69, 9.17) is 0 Å². The van der Waals surface area contributed by atoms with Gasteiger partial charge < -0.3 is 15.5 Å². The summed E-state index contributed by atoms with van der Waals surface area (Å²) < 4.78 is 14.0. The highest BCUT2D eigenvalue weighted by Gasteiger charge is 2.05. The Balaban J connectivity index is 0.00000338. The summed E-state index contributed by atoms with van der Waals surface area (Å²) in [5, 5.41) is 6.48. The number of pyridine rings is 1. The molecule has 1 aromatic carbocycles. The molecule has 0 fully saturated rings. The van der Waals surface area contributed by atoms with Crippen LogP contribution in [0.25, 0.3) is 0 Å². The summed E-state index contributed by atoms with van der Waals surface area (Å²) in [4.78, 5) is 10.6. The average molecular weight is 471 g/mol. The number of aromatic nitrogens is 1. The monoisotopic (exact) mass is 471 g/mol. The lowest BCUT2D eigenvalue weighted by molar-refractivity contribution is 0.624. The smallest absolute Gasteiger partial charge is 0.191 e. The van der Waals surface area contributed by atoms with E-state index in [2.05, 4.69) is 20.6 Å². The Morgan fingerprint density at radius 1 is 1.19 bits per heavy atom. The van der Waals surface area contributed by atoms with Crippen molar-refractivity contribution in [3.05, 3.63) is 59.7 Å². The Hall–Kier alpha value is -1.90. The molecule has 0 saturated heterocycles. The number of halogens is 2. The maximum atomic E-state index is 14.0. The van der Waals surface area contributed by atoms with E-state index in [-0.39, 0.29) is 29.8 Å². The molecule has 0 aliphatic heterocycles. The molecular weight excluding hydrogens is 444 g/mol. The van der Waals surface area contributed by atoms with E-state index in [0.717, 1.165) is 36.7 Å². The first-order chi connectivity index (χ1) is 12.1. The minimum atomic E-state index is -0.231. The van der Waals surface area contributed by atoms with Crippen molar-refractivity contribution in [2.24, 2.45) is 4.99 Å². The van der Waals surface area contributed by atoms with Gasteiger partial charge in [0, 0.05) is 45.5 Å². The molecule has 0 atom stereocenters. The fourth-order valence-corrected chi connectivity index (χ4v) is 2.38. The summed E-state index contributed by atoms with van der Waals surface area (Å²) in [6.45, 7) is 3.94. The van der Waals surface area contributed by atoms with E-state index in [1.807, 2.05) is 45.3 Å². The molecule has 0 radical (unpaired) electrons. The van der Waals surface area contributed by atoms with Gasteiger partial charge in [-0.1, -0.05) is 12.1 Å². The van der Waals surface area contributed by atoms with Gasteiger partial charge in [-0.2, -0.15) is 0 Å². The first-order valence-corrected chi connectivity index (χ1v) is 8.48. The molecule has 1 aromatic heterocycles. The van der Waals surface area contributed by atoms with Crippen molar-refractivity contribution in [2.45, 2.75) is 19.9 Å². The molecule has 0 aliphatic carbocycles. The lowest BCUT2D eigenvalue weighted by Gasteiger charge is -2.14. The van der Waals surface area contributed by atoms with Gasteiger partial charge in [0.25, 0.3) is 0 Å². The standard InChI is InChI=1S/C19H26FN5.HI/c1-4-21-19(23-12-10-16-7-5-6-11-22-16)24-14-15-8-9-18(25(2)3)17(20)13-15;/h5-9,11,13H,4,10,12,14H2,1-3H3,(H2,21,23,24);1H.